The lowest BCUT2D eigenvalue weighted by molar-refractivity contribution is 0.0694. The van der Waals surface area contributed by atoms with E-state index in [0.717, 1.165) is 6.20 Å². The number of hydrogen-bond donors (Lipinski definition) is 1. The first-order chi connectivity index (χ1) is 7.70. The first-order valence-corrected chi connectivity index (χ1v) is 4.90. The van der Waals surface area contributed by atoms with Crippen LogP contribution in [0.4, 0.5) is 0 Å². The summed E-state index contributed by atoms with van der Waals surface area (Å²) in [7, 11) is 0. The summed E-state index contributed by atoms with van der Waals surface area (Å²) >= 11 is 0. The maximum atomic E-state index is 11.5. The van der Waals surface area contributed by atoms with E-state index in [1.54, 1.807) is 18.2 Å². The van der Waals surface area contributed by atoms with Crippen molar-refractivity contribution >= 4 is 11.6 Å². The maximum absolute atomic E-state index is 11.5. The van der Waals surface area contributed by atoms with Gasteiger partial charge in [-0.3, -0.25) is 9.20 Å². The fourth-order valence-electron chi connectivity index (χ4n) is 1.17. The third-order valence-corrected chi connectivity index (χ3v) is 1.84. The van der Waals surface area contributed by atoms with Crippen molar-refractivity contribution in [1.29, 1.82) is 0 Å². The molecular weight excluding hydrogens is 208 g/mol. The van der Waals surface area contributed by atoms with Gasteiger partial charge < -0.3 is 5.11 Å². The molecule has 84 valence electrons. The van der Waals surface area contributed by atoms with Gasteiger partial charge in [0, 0.05) is 12.4 Å². The van der Waals surface area contributed by atoms with Crippen molar-refractivity contribution in [2.24, 2.45) is 0 Å². The van der Waals surface area contributed by atoms with Crippen LogP contribution in [0, 0.1) is 0 Å². The largest absolute Gasteiger partial charge is 0.477 e. The smallest absolute Gasteiger partial charge is 0.342 e. The number of carboxylic acids is 1. The lowest BCUT2D eigenvalue weighted by Gasteiger charge is -1.99. The topological polar surface area (TPSA) is 71.7 Å². The van der Waals surface area contributed by atoms with E-state index in [-0.39, 0.29) is 5.56 Å². The number of pyridine rings is 1. The SMILES string of the molecule is CC.O=C(O)c1cnc2ccccn2c1=O. The second-order valence-electron chi connectivity index (χ2n) is 2.71. The van der Waals surface area contributed by atoms with Gasteiger partial charge in [0.1, 0.15) is 11.2 Å². The minimum atomic E-state index is -1.26. The highest BCUT2D eigenvalue weighted by Gasteiger charge is 2.10. The van der Waals surface area contributed by atoms with Crippen LogP contribution in [0.2, 0.25) is 0 Å². The monoisotopic (exact) mass is 220 g/mol. The van der Waals surface area contributed by atoms with Gasteiger partial charge in [0.15, 0.2) is 0 Å². The average Bonchev–Trinajstić information content (AvgIpc) is 2.32. The Morgan fingerprint density at radius 1 is 1.38 bits per heavy atom. The number of rotatable bonds is 1. The molecule has 2 heterocycles. The molecule has 2 rings (SSSR count). The Morgan fingerprint density at radius 2 is 2.06 bits per heavy atom. The highest BCUT2D eigenvalue weighted by Crippen LogP contribution is 1.96. The fraction of sp³-hybridized carbons (Fsp3) is 0.182. The lowest BCUT2D eigenvalue weighted by Crippen LogP contribution is -2.22. The Morgan fingerprint density at radius 3 is 2.69 bits per heavy atom. The first kappa shape index (κ1) is 11.9. The van der Waals surface area contributed by atoms with E-state index in [0.29, 0.717) is 5.65 Å². The van der Waals surface area contributed by atoms with Gasteiger partial charge in [-0.15, -0.1) is 0 Å². The maximum Gasteiger partial charge on any atom is 0.342 e. The van der Waals surface area contributed by atoms with Gasteiger partial charge in [-0.05, 0) is 12.1 Å². The summed E-state index contributed by atoms with van der Waals surface area (Å²) in [5.74, 6) is -1.26. The van der Waals surface area contributed by atoms with Gasteiger partial charge in [0.25, 0.3) is 5.56 Å². The van der Waals surface area contributed by atoms with Crippen LogP contribution in [0.15, 0.2) is 35.4 Å². The summed E-state index contributed by atoms with van der Waals surface area (Å²) in [6.07, 6.45) is 2.55. The number of hydrogen-bond acceptors (Lipinski definition) is 3. The van der Waals surface area contributed by atoms with Gasteiger partial charge in [0.2, 0.25) is 0 Å². The molecule has 5 heteroatoms. The van der Waals surface area contributed by atoms with Crippen LogP contribution in [0.3, 0.4) is 0 Å². The predicted octanol–water partition coefficient (Wildman–Crippen LogP) is 1.42. The minimum absolute atomic E-state index is 0.325. The van der Waals surface area contributed by atoms with Crippen molar-refractivity contribution in [3.8, 4) is 0 Å². The minimum Gasteiger partial charge on any atom is -0.477 e. The molecule has 0 aliphatic heterocycles. The summed E-state index contributed by atoms with van der Waals surface area (Å²) in [6.45, 7) is 4.00. The average molecular weight is 220 g/mol. The summed E-state index contributed by atoms with van der Waals surface area (Å²) in [5.41, 5.74) is -0.459. The molecule has 0 aliphatic rings. The third-order valence-electron chi connectivity index (χ3n) is 1.84. The summed E-state index contributed by atoms with van der Waals surface area (Å²) in [6, 6.07) is 5.00. The van der Waals surface area contributed by atoms with Crippen molar-refractivity contribution < 1.29 is 9.90 Å². The molecule has 0 saturated carbocycles. The van der Waals surface area contributed by atoms with Gasteiger partial charge >= 0.3 is 5.97 Å². The molecule has 5 nitrogen and oxygen atoms in total. The van der Waals surface area contributed by atoms with Crippen LogP contribution in [0.25, 0.3) is 5.65 Å². The molecule has 0 atom stereocenters. The summed E-state index contributed by atoms with van der Waals surface area (Å²) in [5, 5.41) is 8.67. The zero-order valence-electron chi connectivity index (χ0n) is 9.04. The Bertz CT molecular complexity index is 560. The number of aromatic nitrogens is 2. The number of carbonyl (C=O) groups is 1. The van der Waals surface area contributed by atoms with Crippen LogP contribution >= 0.6 is 0 Å². The number of carboxylic acid groups (broad SMARTS) is 1. The van der Waals surface area contributed by atoms with Crippen LogP contribution in [-0.2, 0) is 0 Å². The van der Waals surface area contributed by atoms with Crippen molar-refractivity contribution in [3.05, 3.63) is 46.5 Å². The van der Waals surface area contributed by atoms with Crippen LogP contribution in [-0.4, -0.2) is 20.5 Å². The van der Waals surface area contributed by atoms with Gasteiger partial charge in [0.05, 0.1) is 0 Å². The van der Waals surface area contributed by atoms with Crippen molar-refractivity contribution in [2.75, 3.05) is 0 Å². The van der Waals surface area contributed by atoms with Crippen LogP contribution in [0.1, 0.15) is 24.2 Å². The first-order valence-electron chi connectivity index (χ1n) is 4.90. The molecule has 0 unspecified atom stereocenters. The van der Waals surface area contributed by atoms with Gasteiger partial charge in [-0.2, -0.15) is 0 Å². The molecule has 0 fully saturated rings. The van der Waals surface area contributed by atoms with Crippen LogP contribution < -0.4 is 5.56 Å². The normalized spacial score (nSPS) is 9.38. The van der Waals surface area contributed by atoms with E-state index >= 15 is 0 Å². The quantitative estimate of drug-likeness (QED) is 0.788. The van der Waals surface area contributed by atoms with E-state index in [4.69, 9.17) is 5.11 Å². The van der Waals surface area contributed by atoms with E-state index in [1.165, 1.54) is 10.6 Å². The third kappa shape index (κ3) is 2.08. The number of fused-ring (bicyclic) bond motifs is 1. The molecule has 1 N–H and O–H groups in total. The molecule has 0 radical (unpaired) electrons. The molecule has 16 heavy (non-hydrogen) atoms. The van der Waals surface area contributed by atoms with Crippen molar-refractivity contribution in [1.82, 2.24) is 9.38 Å². The molecule has 0 bridgehead atoms. The van der Waals surface area contributed by atoms with Crippen LogP contribution in [0.5, 0.6) is 0 Å². The second kappa shape index (κ2) is 5.06. The van der Waals surface area contributed by atoms with E-state index < -0.39 is 11.5 Å². The molecular formula is C11H12N2O3. The van der Waals surface area contributed by atoms with E-state index in [1.807, 2.05) is 13.8 Å². The second-order valence-corrected chi connectivity index (χ2v) is 2.71. The number of aromatic carboxylic acids is 1. The predicted molar refractivity (Wildman–Crippen MR) is 59.8 cm³/mol. The number of nitrogens with zero attached hydrogens (tertiary/aromatic N) is 2. The zero-order valence-corrected chi connectivity index (χ0v) is 9.04. The van der Waals surface area contributed by atoms with E-state index in [9.17, 15) is 9.59 Å². The highest BCUT2D eigenvalue weighted by molar-refractivity contribution is 5.86. The molecule has 0 aliphatic carbocycles. The van der Waals surface area contributed by atoms with E-state index in [2.05, 4.69) is 4.98 Å². The Labute approximate surface area is 92.0 Å². The fourth-order valence-corrected chi connectivity index (χ4v) is 1.17. The highest BCUT2D eigenvalue weighted by atomic mass is 16.4. The summed E-state index contributed by atoms with van der Waals surface area (Å²) < 4.78 is 1.20. The zero-order chi connectivity index (χ0) is 12.1. The lowest BCUT2D eigenvalue weighted by atomic mass is 10.3. The molecule has 0 spiro atoms. The molecule has 0 aromatic carbocycles. The standard InChI is InChI=1S/C9H6N2O3.C2H6/c12-8-6(9(13)14)5-10-7-3-1-2-4-11(7)8;1-2/h1-5H,(H,13,14);1-2H3. The van der Waals surface area contributed by atoms with Crippen molar-refractivity contribution in [3.63, 3.8) is 0 Å². The Kier molecular flexibility index (Phi) is 3.77. The molecule has 2 aromatic heterocycles. The molecule has 0 saturated heterocycles. The molecule has 0 amide bonds. The van der Waals surface area contributed by atoms with Gasteiger partial charge in [-0.25, -0.2) is 9.78 Å². The van der Waals surface area contributed by atoms with Crippen molar-refractivity contribution in [2.45, 2.75) is 13.8 Å². The summed E-state index contributed by atoms with van der Waals surface area (Å²) in [4.78, 5) is 26.0. The Balaban J connectivity index is 0.000000606. The van der Waals surface area contributed by atoms with Gasteiger partial charge in [-0.1, -0.05) is 19.9 Å². The Hall–Kier alpha value is -2.17. The molecule has 2 aromatic rings.